The van der Waals surface area contributed by atoms with Crippen molar-refractivity contribution < 1.29 is 18.4 Å². The number of furan rings is 1. The molecule has 1 aliphatic carbocycles. The van der Waals surface area contributed by atoms with Crippen LogP contribution >= 0.6 is 0 Å². The SMILES string of the molecule is C[C@H]1CCc2c(F)cccc2[C@@H]1NCC(=O)N(C)c1ccccc1C(=O)NCc1ccco1. The second-order valence-corrected chi connectivity index (χ2v) is 8.41. The Bertz CT molecular complexity index is 1130. The molecule has 0 fully saturated rings. The lowest BCUT2D eigenvalue weighted by molar-refractivity contribution is -0.117. The van der Waals surface area contributed by atoms with Crippen molar-refractivity contribution in [2.24, 2.45) is 5.92 Å². The number of nitrogens with one attached hydrogen (secondary N) is 2. The predicted octanol–water partition coefficient (Wildman–Crippen LogP) is 4.22. The molecule has 1 heterocycles. The van der Waals surface area contributed by atoms with E-state index in [0.717, 1.165) is 17.5 Å². The van der Waals surface area contributed by atoms with Gasteiger partial charge in [0.15, 0.2) is 0 Å². The number of fused-ring (bicyclic) bond motifs is 1. The number of likely N-dealkylation sites (N-methyl/N-ethyl adjacent to an activating group) is 1. The second kappa shape index (κ2) is 10.0. The first-order chi connectivity index (χ1) is 16.0. The summed E-state index contributed by atoms with van der Waals surface area (Å²) in [7, 11) is 1.65. The monoisotopic (exact) mass is 449 g/mol. The lowest BCUT2D eigenvalue weighted by Gasteiger charge is -2.33. The van der Waals surface area contributed by atoms with Crippen LogP contribution in [0.5, 0.6) is 0 Å². The van der Waals surface area contributed by atoms with Crippen LogP contribution in [-0.4, -0.2) is 25.4 Å². The first kappa shape index (κ1) is 22.7. The number of rotatable bonds is 7. The highest BCUT2D eigenvalue weighted by atomic mass is 19.1. The van der Waals surface area contributed by atoms with Gasteiger partial charge in [-0.2, -0.15) is 0 Å². The normalized spacial score (nSPS) is 17.3. The summed E-state index contributed by atoms with van der Waals surface area (Å²) in [5, 5.41) is 6.15. The molecule has 0 spiro atoms. The third kappa shape index (κ3) is 4.98. The minimum absolute atomic E-state index is 0.0732. The maximum absolute atomic E-state index is 14.2. The molecular weight excluding hydrogens is 421 g/mol. The number of carbonyl (C=O) groups is 2. The third-order valence-electron chi connectivity index (χ3n) is 6.27. The van der Waals surface area contributed by atoms with Gasteiger partial charge in [0.05, 0.1) is 30.6 Å². The van der Waals surface area contributed by atoms with Gasteiger partial charge < -0.3 is 20.0 Å². The van der Waals surface area contributed by atoms with Crippen molar-refractivity contribution in [3.05, 3.63) is 89.1 Å². The second-order valence-electron chi connectivity index (χ2n) is 8.41. The van der Waals surface area contributed by atoms with E-state index in [1.54, 1.807) is 55.8 Å². The largest absolute Gasteiger partial charge is 0.467 e. The molecule has 4 rings (SSSR count). The molecule has 0 bridgehead atoms. The maximum Gasteiger partial charge on any atom is 0.253 e. The Hall–Kier alpha value is -3.45. The molecule has 33 heavy (non-hydrogen) atoms. The Morgan fingerprint density at radius 3 is 2.73 bits per heavy atom. The number of amides is 2. The van der Waals surface area contributed by atoms with E-state index in [2.05, 4.69) is 17.6 Å². The first-order valence-corrected chi connectivity index (χ1v) is 11.1. The molecule has 1 aliphatic rings. The standard InChI is InChI=1S/C26H28FN3O3/c1-17-12-13-19-20(9-5-10-22(19)27)25(17)28-16-24(31)30(2)23-11-4-3-8-21(23)26(32)29-15-18-7-6-14-33-18/h3-11,14,17,25,28H,12-13,15-16H2,1-2H3,(H,29,32)/t17-,25+/m0/s1. The van der Waals surface area contributed by atoms with E-state index in [1.165, 1.54) is 11.0 Å². The van der Waals surface area contributed by atoms with Crippen molar-refractivity contribution >= 4 is 17.5 Å². The smallest absolute Gasteiger partial charge is 0.253 e. The van der Waals surface area contributed by atoms with Gasteiger partial charge in [0.25, 0.3) is 5.91 Å². The van der Waals surface area contributed by atoms with Crippen LogP contribution in [0.3, 0.4) is 0 Å². The molecule has 0 saturated carbocycles. The van der Waals surface area contributed by atoms with Crippen molar-refractivity contribution in [1.82, 2.24) is 10.6 Å². The third-order valence-corrected chi connectivity index (χ3v) is 6.27. The van der Waals surface area contributed by atoms with Crippen molar-refractivity contribution in [2.45, 2.75) is 32.4 Å². The Labute approximate surface area is 192 Å². The average Bonchev–Trinajstić information content (AvgIpc) is 3.35. The summed E-state index contributed by atoms with van der Waals surface area (Å²) in [5.41, 5.74) is 2.57. The molecular formula is C26H28FN3O3. The van der Waals surface area contributed by atoms with Crippen LogP contribution in [0.25, 0.3) is 0 Å². The molecule has 2 aromatic carbocycles. The lowest BCUT2D eigenvalue weighted by Crippen LogP contribution is -2.40. The van der Waals surface area contributed by atoms with Crippen molar-refractivity contribution in [3.63, 3.8) is 0 Å². The molecule has 0 unspecified atom stereocenters. The lowest BCUT2D eigenvalue weighted by atomic mass is 9.80. The van der Waals surface area contributed by atoms with Crippen LogP contribution in [0.4, 0.5) is 10.1 Å². The fraction of sp³-hybridized carbons (Fsp3) is 0.308. The first-order valence-electron chi connectivity index (χ1n) is 11.1. The van der Waals surface area contributed by atoms with Gasteiger partial charge in [0.1, 0.15) is 11.6 Å². The molecule has 7 heteroatoms. The van der Waals surface area contributed by atoms with Crippen LogP contribution in [-0.2, 0) is 17.8 Å². The van der Waals surface area contributed by atoms with Crippen LogP contribution in [0.1, 0.15) is 46.6 Å². The molecule has 2 N–H and O–H groups in total. The average molecular weight is 450 g/mol. The van der Waals surface area contributed by atoms with Crippen LogP contribution < -0.4 is 15.5 Å². The number of benzene rings is 2. The zero-order chi connectivity index (χ0) is 23.4. The quantitative estimate of drug-likeness (QED) is 0.566. The fourth-order valence-electron chi connectivity index (χ4n) is 4.37. The molecule has 2 atom stereocenters. The Balaban J connectivity index is 1.44. The summed E-state index contributed by atoms with van der Waals surface area (Å²) in [6, 6.07) is 15.5. The molecule has 6 nitrogen and oxygen atoms in total. The van der Waals surface area contributed by atoms with Gasteiger partial charge in [0, 0.05) is 13.1 Å². The Morgan fingerprint density at radius 2 is 1.94 bits per heavy atom. The molecule has 0 aliphatic heterocycles. The highest BCUT2D eigenvalue weighted by Gasteiger charge is 2.29. The van der Waals surface area contributed by atoms with E-state index in [-0.39, 0.29) is 42.7 Å². The van der Waals surface area contributed by atoms with Crippen LogP contribution in [0, 0.1) is 11.7 Å². The maximum atomic E-state index is 14.2. The van der Waals surface area contributed by atoms with Crippen molar-refractivity contribution in [2.75, 3.05) is 18.5 Å². The highest BCUT2D eigenvalue weighted by molar-refractivity contribution is 6.05. The summed E-state index contributed by atoms with van der Waals surface area (Å²) >= 11 is 0. The number of hydrogen-bond acceptors (Lipinski definition) is 4. The van der Waals surface area contributed by atoms with E-state index in [0.29, 0.717) is 23.4 Å². The summed E-state index contributed by atoms with van der Waals surface area (Å²) in [6.45, 7) is 2.44. The minimum Gasteiger partial charge on any atom is -0.467 e. The Morgan fingerprint density at radius 1 is 1.12 bits per heavy atom. The van der Waals surface area contributed by atoms with Gasteiger partial charge in [-0.3, -0.25) is 9.59 Å². The molecule has 172 valence electrons. The van der Waals surface area contributed by atoms with Gasteiger partial charge in [-0.25, -0.2) is 4.39 Å². The van der Waals surface area contributed by atoms with E-state index >= 15 is 0 Å². The van der Waals surface area contributed by atoms with E-state index in [9.17, 15) is 14.0 Å². The summed E-state index contributed by atoms with van der Waals surface area (Å²) in [4.78, 5) is 27.3. The van der Waals surface area contributed by atoms with Gasteiger partial charge in [0.2, 0.25) is 5.91 Å². The minimum atomic E-state index is -0.292. The summed E-state index contributed by atoms with van der Waals surface area (Å²) in [5.74, 6) is 0.255. The van der Waals surface area contributed by atoms with Gasteiger partial charge in [-0.05, 0) is 60.2 Å². The van der Waals surface area contributed by atoms with E-state index < -0.39 is 0 Å². The van der Waals surface area contributed by atoms with Crippen LogP contribution in [0.2, 0.25) is 0 Å². The molecule has 1 aromatic heterocycles. The van der Waals surface area contributed by atoms with E-state index in [4.69, 9.17) is 4.42 Å². The Kier molecular flexibility index (Phi) is 6.89. The predicted molar refractivity (Wildman–Crippen MR) is 124 cm³/mol. The zero-order valence-electron chi connectivity index (χ0n) is 18.8. The van der Waals surface area contributed by atoms with Gasteiger partial charge >= 0.3 is 0 Å². The molecule has 2 amide bonds. The molecule has 0 radical (unpaired) electrons. The van der Waals surface area contributed by atoms with E-state index in [1.807, 2.05) is 6.07 Å². The summed E-state index contributed by atoms with van der Waals surface area (Å²) < 4.78 is 19.5. The number of para-hydroxylation sites is 1. The number of anilines is 1. The fourth-order valence-corrected chi connectivity index (χ4v) is 4.37. The number of hydrogen-bond donors (Lipinski definition) is 2. The van der Waals surface area contributed by atoms with Gasteiger partial charge in [-0.15, -0.1) is 0 Å². The van der Waals surface area contributed by atoms with Crippen LogP contribution in [0.15, 0.2) is 65.3 Å². The highest BCUT2D eigenvalue weighted by Crippen LogP contribution is 2.35. The van der Waals surface area contributed by atoms with Crippen molar-refractivity contribution in [3.8, 4) is 0 Å². The number of carbonyl (C=O) groups excluding carboxylic acids is 2. The molecule has 0 saturated heterocycles. The van der Waals surface area contributed by atoms with Crippen molar-refractivity contribution in [1.29, 1.82) is 0 Å². The number of halogens is 1. The topological polar surface area (TPSA) is 74.6 Å². The zero-order valence-corrected chi connectivity index (χ0v) is 18.8. The molecule has 3 aromatic rings. The number of nitrogens with zero attached hydrogens (tertiary/aromatic N) is 1. The van der Waals surface area contributed by atoms with Gasteiger partial charge in [-0.1, -0.05) is 31.2 Å². The summed E-state index contributed by atoms with van der Waals surface area (Å²) in [6.07, 6.45) is 3.11.